The molecule has 0 heterocycles. The number of benzene rings is 5. The lowest BCUT2D eigenvalue weighted by molar-refractivity contribution is -0.126. The van der Waals surface area contributed by atoms with Crippen molar-refractivity contribution in [1.29, 1.82) is 0 Å². The van der Waals surface area contributed by atoms with E-state index in [1.165, 1.54) is 5.56 Å². The van der Waals surface area contributed by atoms with E-state index in [2.05, 4.69) is 102 Å². The van der Waals surface area contributed by atoms with Gasteiger partial charge >= 0.3 is 0 Å². The van der Waals surface area contributed by atoms with Gasteiger partial charge in [-0.1, -0.05) is 73.2 Å². The van der Waals surface area contributed by atoms with Crippen molar-refractivity contribution in [2.75, 3.05) is 9.80 Å². The van der Waals surface area contributed by atoms with Gasteiger partial charge in [0, 0.05) is 47.0 Å². The molecule has 0 unspecified atom stereocenters. The minimum Gasteiger partial charge on any atom is -0.311 e. The molecule has 4 heteroatoms. The summed E-state index contributed by atoms with van der Waals surface area (Å²) in [6, 6.07) is 45.8. The molecular weight excluding hydrogens is 504 g/mol. The van der Waals surface area contributed by atoms with E-state index in [-0.39, 0.29) is 24.4 Å². The Morgan fingerprint density at radius 2 is 0.854 bits per heavy atom. The molecule has 0 saturated carbocycles. The zero-order valence-electron chi connectivity index (χ0n) is 23.5. The summed E-state index contributed by atoms with van der Waals surface area (Å²) >= 11 is 0. The Labute approximate surface area is 242 Å². The SMILES string of the molecule is CCC(=O)CC(=O)Cc1ccc(N(c2ccccc2)c2ccc(N(c3ccccc3)c3ccc(C)cc3)cc2)cc1. The van der Waals surface area contributed by atoms with E-state index in [1.807, 2.05) is 48.5 Å². The van der Waals surface area contributed by atoms with Crippen LogP contribution in [0.5, 0.6) is 0 Å². The number of rotatable bonds is 11. The third kappa shape index (κ3) is 6.79. The van der Waals surface area contributed by atoms with E-state index in [0.29, 0.717) is 6.42 Å². The van der Waals surface area contributed by atoms with Gasteiger partial charge in [0.1, 0.15) is 11.6 Å². The summed E-state index contributed by atoms with van der Waals surface area (Å²) in [6.45, 7) is 3.89. The standard InChI is InChI=1S/C37H34N2O2/c1-3-36(40)27-37(41)26-29-16-20-33(21-17-29)39(31-12-8-5-9-13-31)35-24-22-34(23-25-35)38(30-10-6-4-7-11-30)32-18-14-28(2)15-19-32/h4-25H,3,26-27H2,1-2H3. The highest BCUT2D eigenvalue weighted by atomic mass is 16.1. The van der Waals surface area contributed by atoms with Gasteiger partial charge in [-0.05, 0) is 85.3 Å². The molecule has 0 fully saturated rings. The minimum absolute atomic E-state index is 0.00330. The molecule has 0 radical (unpaired) electrons. The summed E-state index contributed by atoms with van der Waals surface area (Å²) in [7, 11) is 0. The molecule has 5 aromatic carbocycles. The third-order valence-corrected chi connectivity index (χ3v) is 7.07. The van der Waals surface area contributed by atoms with E-state index in [9.17, 15) is 9.59 Å². The molecular formula is C37H34N2O2. The van der Waals surface area contributed by atoms with Crippen LogP contribution in [-0.4, -0.2) is 11.6 Å². The highest BCUT2D eigenvalue weighted by molar-refractivity contribution is 5.99. The first-order chi connectivity index (χ1) is 20.0. The van der Waals surface area contributed by atoms with Gasteiger partial charge in [-0.25, -0.2) is 0 Å². The molecule has 5 aromatic rings. The summed E-state index contributed by atoms with van der Waals surface area (Å²) in [5, 5.41) is 0. The van der Waals surface area contributed by atoms with Crippen molar-refractivity contribution in [2.45, 2.75) is 33.1 Å². The fourth-order valence-electron chi connectivity index (χ4n) is 4.89. The Morgan fingerprint density at radius 3 is 1.27 bits per heavy atom. The van der Waals surface area contributed by atoms with Crippen molar-refractivity contribution in [3.8, 4) is 0 Å². The molecule has 4 nitrogen and oxygen atoms in total. The van der Waals surface area contributed by atoms with E-state index >= 15 is 0 Å². The van der Waals surface area contributed by atoms with Crippen LogP contribution < -0.4 is 9.80 Å². The number of ketones is 2. The van der Waals surface area contributed by atoms with E-state index < -0.39 is 0 Å². The first kappa shape index (κ1) is 27.6. The number of para-hydroxylation sites is 2. The van der Waals surface area contributed by atoms with E-state index in [1.54, 1.807) is 6.92 Å². The van der Waals surface area contributed by atoms with Crippen LogP contribution in [0.4, 0.5) is 34.1 Å². The Kier molecular flexibility index (Phi) is 8.70. The number of Topliss-reactive ketones (excluding diaryl/α,β-unsaturated/α-hetero) is 2. The normalized spacial score (nSPS) is 10.7. The highest BCUT2D eigenvalue weighted by Crippen LogP contribution is 2.38. The summed E-state index contributed by atoms with van der Waals surface area (Å²) in [5.41, 5.74) is 8.43. The van der Waals surface area contributed by atoms with Gasteiger partial charge in [-0.15, -0.1) is 0 Å². The smallest absolute Gasteiger partial charge is 0.144 e. The number of carbonyl (C=O) groups is 2. The van der Waals surface area contributed by atoms with Crippen LogP contribution in [0.3, 0.4) is 0 Å². The molecule has 0 aliphatic heterocycles. The quantitative estimate of drug-likeness (QED) is 0.157. The minimum atomic E-state index is -0.0448. The number of nitrogens with zero attached hydrogens (tertiary/aromatic N) is 2. The number of aryl methyl sites for hydroxylation is 1. The van der Waals surface area contributed by atoms with Gasteiger partial charge < -0.3 is 9.80 Å². The Balaban J connectivity index is 1.47. The first-order valence-electron chi connectivity index (χ1n) is 14.0. The predicted octanol–water partition coefficient (Wildman–Crippen LogP) is 9.42. The van der Waals surface area contributed by atoms with Gasteiger partial charge in [0.25, 0.3) is 0 Å². The van der Waals surface area contributed by atoms with Gasteiger partial charge in [-0.3, -0.25) is 9.59 Å². The molecule has 204 valence electrons. The first-order valence-corrected chi connectivity index (χ1v) is 14.0. The topological polar surface area (TPSA) is 40.6 Å². The number of hydrogen-bond acceptors (Lipinski definition) is 4. The van der Waals surface area contributed by atoms with Crippen LogP contribution in [0.1, 0.15) is 30.9 Å². The molecule has 0 atom stereocenters. The summed E-state index contributed by atoms with van der Waals surface area (Å²) in [5.74, 6) is -0.0600. The maximum Gasteiger partial charge on any atom is 0.144 e. The zero-order chi connectivity index (χ0) is 28.6. The molecule has 41 heavy (non-hydrogen) atoms. The van der Waals surface area contributed by atoms with Gasteiger partial charge in [0.05, 0.1) is 6.42 Å². The van der Waals surface area contributed by atoms with Crippen molar-refractivity contribution in [1.82, 2.24) is 0 Å². The average molecular weight is 539 g/mol. The Bertz CT molecular complexity index is 1580. The van der Waals surface area contributed by atoms with Crippen LogP contribution in [-0.2, 0) is 16.0 Å². The van der Waals surface area contributed by atoms with Gasteiger partial charge in [0.15, 0.2) is 0 Å². The van der Waals surface area contributed by atoms with Crippen LogP contribution in [0.2, 0.25) is 0 Å². The zero-order valence-corrected chi connectivity index (χ0v) is 23.5. The lowest BCUT2D eigenvalue weighted by Gasteiger charge is -2.28. The second kappa shape index (κ2) is 12.9. The van der Waals surface area contributed by atoms with E-state index in [0.717, 1.165) is 39.7 Å². The maximum atomic E-state index is 12.3. The molecule has 0 aliphatic carbocycles. The molecule has 0 saturated heterocycles. The molecule has 0 amide bonds. The van der Waals surface area contributed by atoms with Crippen LogP contribution in [0.15, 0.2) is 133 Å². The lowest BCUT2D eigenvalue weighted by Crippen LogP contribution is -2.12. The fraction of sp³-hybridized carbons (Fsp3) is 0.135. The van der Waals surface area contributed by atoms with Crippen molar-refractivity contribution in [3.63, 3.8) is 0 Å². The number of anilines is 6. The molecule has 0 aromatic heterocycles. The second-order valence-corrected chi connectivity index (χ2v) is 10.1. The van der Waals surface area contributed by atoms with Gasteiger partial charge in [0.2, 0.25) is 0 Å². The highest BCUT2D eigenvalue weighted by Gasteiger charge is 2.16. The van der Waals surface area contributed by atoms with Crippen LogP contribution in [0.25, 0.3) is 0 Å². The molecule has 0 aliphatic rings. The van der Waals surface area contributed by atoms with Crippen molar-refractivity contribution >= 4 is 45.7 Å². The second-order valence-electron chi connectivity index (χ2n) is 10.1. The molecule has 0 N–H and O–H groups in total. The summed E-state index contributed by atoms with van der Waals surface area (Å²) < 4.78 is 0. The fourth-order valence-corrected chi connectivity index (χ4v) is 4.89. The van der Waals surface area contributed by atoms with Crippen LogP contribution >= 0.6 is 0 Å². The largest absolute Gasteiger partial charge is 0.311 e. The predicted molar refractivity (Wildman–Crippen MR) is 169 cm³/mol. The van der Waals surface area contributed by atoms with Crippen molar-refractivity contribution in [3.05, 3.63) is 145 Å². The number of hydrogen-bond donors (Lipinski definition) is 0. The van der Waals surface area contributed by atoms with Gasteiger partial charge in [-0.2, -0.15) is 0 Å². The Hall–Kier alpha value is -4.96. The van der Waals surface area contributed by atoms with Crippen molar-refractivity contribution < 1.29 is 9.59 Å². The maximum absolute atomic E-state index is 12.3. The summed E-state index contributed by atoms with van der Waals surface area (Å²) in [4.78, 5) is 28.5. The molecule has 0 bridgehead atoms. The average Bonchev–Trinajstić information content (AvgIpc) is 3.01. The van der Waals surface area contributed by atoms with E-state index in [4.69, 9.17) is 0 Å². The van der Waals surface area contributed by atoms with Crippen molar-refractivity contribution in [2.24, 2.45) is 0 Å². The molecule has 0 spiro atoms. The van der Waals surface area contributed by atoms with Crippen LogP contribution in [0, 0.1) is 6.92 Å². The lowest BCUT2D eigenvalue weighted by atomic mass is 10.0. The monoisotopic (exact) mass is 538 g/mol. The third-order valence-electron chi connectivity index (χ3n) is 7.07. The summed E-state index contributed by atoms with van der Waals surface area (Å²) in [6.07, 6.45) is 0.660. The Morgan fingerprint density at radius 1 is 0.488 bits per heavy atom. The molecule has 5 rings (SSSR count). The number of carbonyl (C=O) groups excluding carboxylic acids is 2.